The highest BCUT2D eigenvalue weighted by Crippen LogP contribution is 2.17. The van der Waals surface area contributed by atoms with Gasteiger partial charge in [0.25, 0.3) is 0 Å². The van der Waals surface area contributed by atoms with Crippen LogP contribution >= 0.6 is 12.4 Å². The molecule has 17 heavy (non-hydrogen) atoms. The van der Waals surface area contributed by atoms with E-state index in [2.05, 4.69) is 27.0 Å². The van der Waals surface area contributed by atoms with Gasteiger partial charge >= 0.3 is 0 Å². The molecule has 0 bridgehead atoms. The maximum absolute atomic E-state index is 4.15. The van der Waals surface area contributed by atoms with Crippen LogP contribution in [0.5, 0.6) is 0 Å². The van der Waals surface area contributed by atoms with E-state index in [0.29, 0.717) is 6.04 Å². The van der Waals surface area contributed by atoms with E-state index >= 15 is 0 Å². The molecule has 1 saturated carbocycles. The largest absolute Gasteiger partial charge is 0.317 e. The Morgan fingerprint density at radius 1 is 1.29 bits per heavy atom. The number of nitrogens with one attached hydrogen (secondary N) is 1. The fourth-order valence-corrected chi connectivity index (χ4v) is 2.40. The van der Waals surface area contributed by atoms with Gasteiger partial charge in [0.05, 0.1) is 6.54 Å². The van der Waals surface area contributed by atoms with E-state index in [1.807, 2.05) is 6.33 Å². The zero-order chi connectivity index (χ0) is 11.2. The average molecular weight is 259 g/mol. The average Bonchev–Trinajstić information content (AvgIpc) is 2.60. The van der Waals surface area contributed by atoms with Gasteiger partial charge in [-0.05, 0) is 19.8 Å². The maximum Gasteiger partial charge on any atom is 0.146 e. The van der Waals surface area contributed by atoms with E-state index in [9.17, 15) is 0 Å². The van der Waals surface area contributed by atoms with Gasteiger partial charge in [-0.1, -0.05) is 25.7 Å². The van der Waals surface area contributed by atoms with Crippen molar-refractivity contribution >= 4 is 12.4 Å². The van der Waals surface area contributed by atoms with Gasteiger partial charge < -0.3 is 9.88 Å². The summed E-state index contributed by atoms with van der Waals surface area (Å²) in [6, 6.07) is 0.685. The van der Waals surface area contributed by atoms with Crippen molar-refractivity contribution in [2.45, 2.75) is 64.6 Å². The number of nitrogens with zero attached hydrogens (tertiary/aromatic N) is 3. The van der Waals surface area contributed by atoms with E-state index in [0.717, 1.165) is 18.9 Å². The molecule has 1 aromatic heterocycles. The summed E-state index contributed by atoms with van der Waals surface area (Å²) in [4.78, 5) is 0. The van der Waals surface area contributed by atoms with E-state index in [4.69, 9.17) is 0 Å². The van der Waals surface area contributed by atoms with E-state index < -0.39 is 0 Å². The van der Waals surface area contributed by atoms with Crippen LogP contribution < -0.4 is 5.32 Å². The van der Waals surface area contributed by atoms with Crippen molar-refractivity contribution in [2.24, 2.45) is 0 Å². The number of aromatic nitrogens is 3. The number of hydrogen-bond acceptors (Lipinski definition) is 3. The molecule has 5 heteroatoms. The highest BCUT2D eigenvalue weighted by molar-refractivity contribution is 5.85. The lowest BCUT2D eigenvalue weighted by molar-refractivity contribution is 0.446. The molecule has 1 aromatic rings. The number of aryl methyl sites for hydroxylation is 1. The molecule has 0 aliphatic heterocycles. The minimum Gasteiger partial charge on any atom is -0.317 e. The lowest BCUT2D eigenvalue weighted by Gasteiger charge is -2.15. The SMILES string of the molecule is CCn1cnnc1CNC1CCCCCC1.Cl. The lowest BCUT2D eigenvalue weighted by Crippen LogP contribution is -2.29. The minimum absolute atomic E-state index is 0. The quantitative estimate of drug-likeness (QED) is 0.844. The molecule has 1 heterocycles. The van der Waals surface area contributed by atoms with Crippen molar-refractivity contribution in [2.75, 3.05) is 0 Å². The van der Waals surface area contributed by atoms with E-state index in [1.165, 1.54) is 38.5 Å². The van der Waals surface area contributed by atoms with Crippen molar-refractivity contribution in [1.29, 1.82) is 0 Å². The molecule has 0 atom stereocenters. The van der Waals surface area contributed by atoms with Crippen LogP contribution in [0, 0.1) is 0 Å². The minimum atomic E-state index is 0. The van der Waals surface area contributed by atoms with Crippen LogP contribution in [0.15, 0.2) is 6.33 Å². The molecule has 2 rings (SSSR count). The van der Waals surface area contributed by atoms with Gasteiger partial charge in [0.1, 0.15) is 12.2 Å². The van der Waals surface area contributed by atoms with Crippen molar-refractivity contribution in [3.63, 3.8) is 0 Å². The normalized spacial score (nSPS) is 17.5. The molecule has 0 unspecified atom stereocenters. The predicted octanol–water partition coefficient (Wildman–Crippen LogP) is 2.53. The van der Waals surface area contributed by atoms with Gasteiger partial charge in [0.15, 0.2) is 0 Å². The van der Waals surface area contributed by atoms with Gasteiger partial charge in [-0.25, -0.2) is 0 Å². The zero-order valence-electron chi connectivity index (χ0n) is 10.6. The third-order valence-electron chi connectivity index (χ3n) is 3.44. The topological polar surface area (TPSA) is 42.7 Å². The summed E-state index contributed by atoms with van der Waals surface area (Å²) >= 11 is 0. The molecule has 4 nitrogen and oxygen atoms in total. The van der Waals surface area contributed by atoms with Crippen LogP contribution in [-0.2, 0) is 13.1 Å². The fraction of sp³-hybridized carbons (Fsp3) is 0.833. The molecule has 0 radical (unpaired) electrons. The molecule has 0 saturated heterocycles. The summed E-state index contributed by atoms with van der Waals surface area (Å²) in [6.45, 7) is 3.94. The molecular weight excluding hydrogens is 236 g/mol. The number of rotatable bonds is 4. The third kappa shape index (κ3) is 4.28. The first-order chi connectivity index (χ1) is 7.90. The standard InChI is InChI=1S/C12H22N4.ClH/c1-2-16-10-14-15-12(16)9-13-11-7-5-3-4-6-8-11;/h10-11,13H,2-9H2,1H3;1H. The Morgan fingerprint density at radius 2 is 2.00 bits per heavy atom. The Morgan fingerprint density at radius 3 is 2.65 bits per heavy atom. The van der Waals surface area contributed by atoms with Crippen LogP contribution in [0.1, 0.15) is 51.3 Å². The highest BCUT2D eigenvalue weighted by Gasteiger charge is 2.12. The zero-order valence-corrected chi connectivity index (χ0v) is 11.4. The summed E-state index contributed by atoms with van der Waals surface area (Å²) in [7, 11) is 0. The second kappa shape index (κ2) is 7.67. The van der Waals surface area contributed by atoms with E-state index in [1.54, 1.807) is 0 Å². The Labute approximate surface area is 110 Å². The monoisotopic (exact) mass is 258 g/mol. The molecular formula is C12H23ClN4. The first-order valence-corrected chi connectivity index (χ1v) is 6.50. The predicted molar refractivity (Wildman–Crippen MR) is 71.3 cm³/mol. The summed E-state index contributed by atoms with van der Waals surface area (Å²) in [5.41, 5.74) is 0. The van der Waals surface area contributed by atoms with E-state index in [-0.39, 0.29) is 12.4 Å². The second-order valence-corrected chi connectivity index (χ2v) is 4.60. The molecule has 1 aliphatic carbocycles. The van der Waals surface area contributed by atoms with Gasteiger partial charge in [0, 0.05) is 12.6 Å². The summed E-state index contributed by atoms with van der Waals surface area (Å²) in [5.74, 6) is 1.06. The number of hydrogen-bond donors (Lipinski definition) is 1. The second-order valence-electron chi connectivity index (χ2n) is 4.60. The summed E-state index contributed by atoms with van der Waals surface area (Å²) in [6.07, 6.45) is 10.0. The van der Waals surface area contributed by atoms with Crippen LogP contribution in [0.25, 0.3) is 0 Å². The smallest absolute Gasteiger partial charge is 0.146 e. The molecule has 98 valence electrons. The lowest BCUT2D eigenvalue weighted by atomic mass is 10.1. The van der Waals surface area contributed by atoms with Crippen molar-refractivity contribution < 1.29 is 0 Å². The molecule has 1 aliphatic rings. The third-order valence-corrected chi connectivity index (χ3v) is 3.44. The Kier molecular flexibility index (Phi) is 6.52. The Hall–Kier alpha value is -0.610. The van der Waals surface area contributed by atoms with Gasteiger partial charge in [0.2, 0.25) is 0 Å². The van der Waals surface area contributed by atoms with Crippen LogP contribution in [0.3, 0.4) is 0 Å². The molecule has 1 N–H and O–H groups in total. The maximum atomic E-state index is 4.15. The molecule has 0 spiro atoms. The first-order valence-electron chi connectivity index (χ1n) is 6.50. The number of halogens is 1. The van der Waals surface area contributed by atoms with Gasteiger partial charge in [-0.15, -0.1) is 22.6 Å². The van der Waals surface area contributed by atoms with Crippen molar-refractivity contribution in [1.82, 2.24) is 20.1 Å². The summed E-state index contributed by atoms with van der Waals surface area (Å²) in [5, 5.41) is 11.7. The van der Waals surface area contributed by atoms with Crippen molar-refractivity contribution in [3.05, 3.63) is 12.2 Å². The van der Waals surface area contributed by atoms with Crippen LogP contribution in [0.4, 0.5) is 0 Å². The van der Waals surface area contributed by atoms with Crippen LogP contribution in [0.2, 0.25) is 0 Å². The van der Waals surface area contributed by atoms with Gasteiger partial charge in [-0.3, -0.25) is 0 Å². The van der Waals surface area contributed by atoms with Crippen molar-refractivity contribution in [3.8, 4) is 0 Å². The Bertz CT molecular complexity index is 305. The molecule has 0 amide bonds. The fourth-order valence-electron chi connectivity index (χ4n) is 2.40. The van der Waals surface area contributed by atoms with Crippen LogP contribution in [-0.4, -0.2) is 20.8 Å². The van der Waals surface area contributed by atoms with Gasteiger partial charge in [-0.2, -0.15) is 0 Å². The molecule has 1 fully saturated rings. The molecule has 0 aromatic carbocycles. The Balaban J connectivity index is 0.00000144. The summed E-state index contributed by atoms with van der Waals surface area (Å²) < 4.78 is 2.10. The first kappa shape index (κ1) is 14.5. The highest BCUT2D eigenvalue weighted by atomic mass is 35.5.